The number of ether oxygens (including phenoxy) is 1. The van der Waals surface area contributed by atoms with Gasteiger partial charge in [0.05, 0.1) is 24.0 Å². The number of piperidine rings is 1. The van der Waals surface area contributed by atoms with Gasteiger partial charge in [-0.2, -0.15) is 28.2 Å². The number of carbonyl (C=O) groups excluding carboxylic acids is 1. The highest BCUT2D eigenvalue weighted by molar-refractivity contribution is 5.98. The number of likely N-dealkylation sites (tertiary alicyclic amines) is 1. The first-order chi connectivity index (χ1) is 15.8. The molecule has 2 unspecified atom stereocenters. The fourth-order valence-electron chi connectivity index (χ4n) is 3.93. The van der Waals surface area contributed by atoms with Crippen LogP contribution in [0.1, 0.15) is 35.7 Å². The lowest BCUT2D eigenvalue weighted by Crippen LogP contribution is -2.51. The molecule has 33 heavy (non-hydrogen) atoms. The molecular weight excluding hydrogens is 442 g/mol. The summed E-state index contributed by atoms with van der Waals surface area (Å²) in [5.74, 6) is -1.19. The van der Waals surface area contributed by atoms with Gasteiger partial charge in [0.1, 0.15) is 23.7 Å². The molecule has 0 N–H and O–H groups in total. The van der Waals surface area contributed by atoms with E-state index in [1.165, 1.54) is 29.3 Å². The van der Waals surface area contributed by atoms with E-state index in [0.717, 1.165) is 25.0 Å². The SMILES string of the molecule is CC1CCCN(C(=O)c2c(F)cccc2-n2nccn2)C1COc1ccc(C(F)(F)F)cn1. The first kappa shape index (κ1) is 22.7. The van der Waals surface area contributed by atoms with Gasteiger partial charge in [0, 0.05) is 18.8 Å². The molecule has 3 heterocycles. The number of benzene rings is 1. The van der Waals surface area contributed by atoms with Gasteiger partial charge in [0.25, 0.3) is 5.91 Å². The van der Waals surface area contributed by atoms with Crippen LogP contribution < -0.4 is 4.74 Å². The van der Waals surface area contributed by atoms with Crippen LogP contribution in [0.3, 0.4) is 0 Å². The number of aromatic nitrogens is 4. The standard InChI is InChI=1S/C22H21F4N5O2/c1-14-4-3-11-30(18(14)13-33-19-8-7-15(12-27-19)22(24,25)26)21(32)20-16(23)5-2-6-17(20)31-28-9-10-29-31/h2,5-10,12,14,18H,3-4,11,13H2,1H3. The lowest BCUT2D eigenvalue weighted by Gasteiger charge is -2.40. The molecule has 1 amide bonds. The zero-order chi connectivity index (χ0) is 23.6. The van der Waals surface area contributed by atoms with Crippen molar-refractivity contribution in [2.24, 2.45) is 5.92 Å². The highest BCUT2D eigenvalue weighted by Crippen LogP contribution is 2.30. The Hall–Kier alpha value is -3.50. The van der Waals surface area contributed by atoms with Crippen molar-refractivity contribution in [2.45, 2.75) is 32.0 Å². The van der Waals surface area contributed by atoms with Crippen LogP contribution in [0.15, 0.2) is 48.9 Å². The molecule has 174 valence electrons. The Morgan fingerprint density at radius 2 is 1.94 bits per heavy atom. The maximum absolute atomic E-state index is 14.8. The van der Waals surface area contributed by atoms with E-state index >= 15 is 0 Å². The predicted molar refractivity (Wildman–Crippen MR) is 109 cm³/mol. The van der Waals surface area contributed by atoms with Gasteiger partial charge in [-0.25, -0.2) is 9.37 Å². The molecule has 0 aliphatic carbocycles. The molecule has 1 aromatic carbocycles. The van der Waals surface area contributed by atoms with E-state index in [1.54, 1.807) is 11.0 Å². The Morgan fingerprint density at radius 3 is 2.61 bits per heavy atom. The number of halogens is 4. The number of nitrogens with zero attached hydrogens (tertiary/aromatic N) is 5. The minimum Gasteiger partial charge on any atom is -0.475 e. The van der Waals surface area contributed by atoms with Gasteiger partial charge < -0.3 is 9.64 Å². The molecule has 4 rings (SSSR count). The second-order valence-corrected chi connectivity index (χ2v) is 7.83. The summed E-state index contributed by atoms with van der Waals surface area (Å²) in [6, 6.07) is 5.83. The van der Waals surface area contributed by atoms with E-state index in [2.05, 4.69) is 15.2 Å². The fourth-order valence-corrected chi connectivity index (χ4v) is 3.93. The molecule has 0 saturated carbocycles. The molecular formula is C22H21F4N5O2. The molecule has 1 fully saturated rings. The number of alkyl halides is 3. The second kappa shape index (κ2) is 9.16. The van der Waals surface area contributed by atoms with E-state index in [1.807, 2.05) is 6.92 Å². The summed E-state index contributed by atoms with van der Waals surface area (Å²) < 4.78 is 58.7. The van der Waals surface area contributed by atoms with Crippen molar-refractivity contribution in [2.75, 3.05) is 13.2 Å². The largest absolute Gasteiger partial charge is 0.475 e. The van der Waals surface area contributed by atoms with Crippen LogP contribution in [0.4, 0.5) is 17.6 Å². The smallest absolute Gasteiger partial charge is 0.417 e. The summed E-state index contributed by atoms with van der Waals surface area (Å²) in [5.41, 5.74) is -0.815. The van der Waals surface area contributed by atoms with Crippen LogP contribution in [0.2, 0.25) is 0 Å². The van der Waals surface area contributed by atoms with E-state index in [-0.39, 0.29) is 29.7 Å². The minimum atomic E-state index is -4.49. The van der Waals surface area contributed by atoms with E-state index < -0.39 is 29.5 Å². The highest BCUT2D eigenvalue weighted by Gasteiger charge is 2.36. The van der Waals surface area contributed by atoms with Crippen LogP contribution in [0, 0.1) is 11.7 Å². The monoisotopic (exact) mass is 463 g/mol. The van der Waals surface area contributed by atoms with Crippen LogP contribution in [-0.4, -0.2) is 50.0 Å². The number of hydrogen-bond acceptors (Lipinski definition) is 5. The third-order valence-corrected chi connectivity index (χ3v) is 5.68. The normalized spacial score (nSPS) is 18.9. The van der Waals surface area contributed by atoms with E-state index in [0.29, 0.717) is 12.7 Å². The van der Waals surface area contributed by atoms with Crippen molar-refractivity contribution < 1.29 is 27.1 Å². The van der Waals surface area contributed by atoms with Gasteiger partial charge in [0.15, 0.2) is 0 Å². The van der Waals surface area contributed by atoms with Crippen molar-refractivity contribution in [1.82, 2.24) is 24.9 Å². The quantitative estimate of drug-likeness (QED) is 0.532. The van der Waals surface area contributed by atoms with Crippen molar-refractivity contribution in [3.63, 3.8) is 0 Å². The molecule has 2 aromatic heterocycles. The molecule has 3 aromatic rings. The van der Waals surface area contributed by atoms with Crippen molar-refractivity contribution in [1.29, 1.82) is 0 Å². The molecule has 0 bridgehead atoms. The molecule has 1 aliphatic heterocycles. The average Bonchev–Trinajstić information content (AvgIpc) is 3.32. The van der Waals surface area contributed by atoms with Crippen molar-refractivity contribution >= 4 is 5.91 Å². The van der Waals surface area contributed by atoms with Gasteiger partial charge in [0.2, 0.25) is 5.88 Å². The Labute approximate surface area is 187 Å². The Balaban J connectivity index is 1.56. The van der Waals surface area contributed by atoms with Gasteiger partial charge in [-0.05, 0) is 37.0 Å². The number of hydrogen-bond donors (Lipinski definition) is 0. The molecule has 0 radical (unpaired) electrons. The zero-order valence-corrected chi connectivity index (χ0v) is 17.7. The summed E-state index contributed by atoms with van der Waals surface area (Å²) in [4.78, 5) is 19.9. The van der Waals surface area contributed by atoms with Crippen LogP contribution in [-0.2, 0) is 6.18 Å². The minimum absolute atomic E-state index is 0.00900. The molecule has 11 heteroatoms. The highest BCUT2D eigenvalue weighted by atomic mass is 19.4. The number of rotatable bonds is 5. The fraction of sp³-hybridized carbons (Fsp3) is 0.364. The predicted octanol–water partition coefficient (Wildman–Crippen LogP) is 4.14. The van der Waals surface area contributed by atoms with Crippen LogP contribution in [0.5, 0.6) is 5.88 Å². The summed E-state index contributed by atoms with van der Waals surface area (Å²) in [5, 5.41) is 8.01. The molecule has 2 atom stereocenters. The van der Waals surface area contributed by atoms with Crippen molar-refractivity contribution in [3.05, 3.63) is 65.9 Å². The lowest BCUT2D eigenvalue weighted by atomic mass is 9.90. The van der Waals surface area contributed by atoms with E-state index in [4.69, 9.17) is 4.74 Å². The Morgan fingerprint density at radius 1 is 1.18 bits per heavy atom. The first-order valence-corrected chi connectivity index (χ1v) is 10.4. The number of pyridine rings is 1. The molecule has 1 saturated heterocycles. The lowest BCUT2D eigenvalue weighted by molar-refractivity contribution is -0.137. The summed E-state index contributed by atoms with van der Waals surface area (Å²) >= 11 is 0. The molecule has 0 spiro atoms. The Bertz CT molecular complexity index is 1100. The summed E-state index contributed by atoms with van der Waals surface area (Å²) in [6.45, 7) is 2.35. The summed E-state index contributed by atoms with van der Waals surface area (Å²) in [7, 11) is 0. The van der Waals surface area contributed by atoms with Gasteiger partial charge in [-0.1, -0.05) is 13.0 Å². The van der Waals surface area contributed by atoms with Crippen molar-refractivity contribution in [3.8, 4) is 11.6 Å². The number of carbonyl (C=O) groups is 1. The third kappa shape index (κ3) is 4.81. The topological polar surface area (TPSA) is 73.1 Å². The second-order valence-electron chi connectivity index (χ2n) is 7.83. The maximum atomic E-state index is 14.8. The summed E-state index contributed by atoms with van der Waals surface area (Å²) in [6.07, 6.45) is 0.610. The van der Waals surface area contributed by atoms with Crippen LogP contribution >= 0.6 is 0 Å². The Kier molecular flexibility index (Phi) is 6.30. The van der Waals surface area contributed by atoms with Gasteiger partial charge >= 0.3 is 6.18 Å². The first-order valence-electron chi connectivity index (χ1n) is 10.4. The zero-order valence-electron chi connectivity index (χ0n) is 17.7. The average molecular weight is 463 g/mol. The van der Waals surface area contributed by atoms with Crippen LogP contribution in [0.25, 0.3) is 5.69 Å². The van der Waals surface area contributed by atoms with E-state index in [9.17, 15) is 22.4 Å². The van der Waals surface area contributed by atoms with Gasteiger partial charge in [-0.3, -0.25) is 4.79 Å². The third-order valence-electron chi connectivity index (χ3n) is 5.68. The molecule has 7 nitrogen and oxygen atoms in total. The number of amides is 1. The molecule has 1 aliphatic rings. The maximum Gasteiger partial charge on any atom is 0.417 e. The van der Waals surface area contributed by atoms with Gasteiger partial charge in [-0.15, -0.1) is 0 Å².